The number of rotatable bonds is 3. The first kappa shape index (κ1) is 21.9. The summed E-state index contributed by atoms with van der Waals surface area (Å²) in [6, 6.07) is 16.1. The van der Waals surface area contributed by atoms with E-state index in [1.165, 1.54) is 5.57 Å². The minimum atomic E-state index is -0.491. The third-order valence-corrected chi connectivity index (χ3v) is 5.62. The van der Waals surface area contributed by atoms with Crippen LogP contribution < -0.4 is 0 Å². The summed E-state index contributed by atoms with van der Waals surface area (Å²) in [5.41, 5.74) is 5.15. The molecule has 0 saturated heterocycles. The summed E-state index contributed by atoms with van der Waals surface area (Å²) in [4.78, 5) is 28.3. The van der Waals surface area contributed by atoms with Crippen molar-refractivity contribution in [3.63, 3.8) is 0 Å². The molecule has 32 heavy (non-hydrogen) atoms. The van der Waals surface area contributed by atoms with Crippen molar-refractivity contribution in [3.8, 4) is 0 Å². The fraction of sp³-hybridized carbons (Fsp3) is 0.385. The van der Waals surface area contributed by atoms with Crippen LogP contribution in [0, 0.1) is 0 Å². The first-order valence-corrected chi connectivity index (χ1v) is 11.0. The van der Waals surface area contributed by atoms with E-state index in [1.54, 1.807) is 9.80 Å². The van der Waals surface area contributed by atoms with Crippen LogP contribution in [0.4, 0.5) is 9.59 Å². The summed E-state index contributed by atoms with van der Waals surface area (Å²) in [5.74, 6) is 0. The average Bonchev–Trinajstić information content (AvgIpc) is 3.21. The normalized spacial score (nSPS) is 15.8. The lowest BCUT2D eigenvalue weighted by Crippen LogP contribution is -2.39. The van der Waals surface area contributed by atoms with Gasteiger partial charge in [-0.3, -0.25) is 4.90 Å². The van der Waals surface area contributed by atoms with Gasteiger partial charge in [0.2, 0.25) is 0 Å². The maximum atomic E-state index is 12.5. The number of hydrogen-bond donors (Lipinski definition) is 0. The van der Waals surface area contributed by atoms with Crippen LogP contribution in [0.1, 0.15) is 49.4 Å². The average molecular weight is 435 g/mol. The van der Waals surface area contributed by atoms with Gasteiger partial charge in [0, 0.05) is 26.2 Å². The van der Waals surface area contributed by atoms with Gasteiger partial charge in [0.15, 0.2) is 0 Å². The minimum Gasteiger partial charge on any atom is -0.445 e. The predicted octanol–water partition coefficient (Wildman–Crippen LogP) is 5.36. The van der Waals surface area contributed by atoms with E-state index in [2.05, 4.69) is 24.3 Å². The fourth-order valence-electron chi connectivity index (χ4n) is 3.96. The molecule has 168 valence electrons. The van der Waals surface area contributed by atoms with E-state index in [1.807, 2.05) is 51.1 Å². The number of carbonyl (C=O) groups excluding carboxylic acids is 2. The number of amides is 2. The number of carbonyl (C=O) groups is 2. The van der Waals surface area contributed by atoms with E-state index < -0.39 is 5.60 Å². The lowest BCUT2D eigenvalue weighted by Gasteiger charge is -2.29. The van der Waals surface area contributed by atoms with Gasteiger partial charge in [-0.25, -0.2) is 9.59 Å². The molecule has 6 heteroatoms. The zero-order chi connectivity index (χ0) is 22.7. The second-order valence-corrected chi connectivity index (χ2v) is 9.29. The Labute approximate surface area is 189 Å². The third kappa shape index (κ3) is 5.31. The Hall–Kier alpha value is -3.28. The highest BCUT2D eigenvalue weighted by molar-refractivity contribution is 5.74. The lowest BCUT2D eigenvalue weighted by molar-refractivity contribution is 0.0270. The maximum absolute atomic E-state index is 12.5. The molecular formula is C26H30N2O4. The van der Waals surface area contributed by atoms with Gasteiger partial charge >= 0.3 is 12.2 Å². The number of fused-ring (bicyclic) bond motifs is 1. The molecule has 0 aromatic heterocycles. The Kier molecular flexibility index (Phi) is 6.21. The van der Waals surface area contributed by atoms with Gasteiger partial charge in [0.05, 0.1) is 0 Å². The van der Waals surface area contributed by atoms with Crippen LogP contribution in [0.25, 0.3) is 5.57 Å². The van der Waals surface area contributed by atoms with Gasteiger partial charge in [-0.2, -0.15) is 0 Å². The van der Waals surface area contributed by atoms with Gasteiger partial charge in [-0.05, 0) is 61.1 Å². The number of nitrogens with zero attached hydrogens (tertiary/aromatic N) is 2. The van der Waals surface area contributed by atoms with Gasteiger partial charge in [0.1, 0.15) is 12.2 Å². The highest BCUT2D eigenvalue weighted by Crippen LogP contribution is 2.30. The van der Waals surface area contributed by atoms with Crippen LogP contribution in [0.15, 0.2) is 54.6 Å². The topological polar surface area (TPSA) is 59.1 Å². The Morgan fingerprint density at radius 2 is 1.69 bits per heavy atom. The molecule has 0 radical (unpaired) electrons. The summed E-state index contributed by atoms with van der Waals surface area (Å²) in [7, 11) is 0. The van der Waals surface area contributed by atoms with E-state index in [0.717, 1.165) is 28.7 Å². The molecule has 0 aliphatic carbocycles. The quantitative estimate of drug-likeness (QED) is 0.652. The Bertz CT molecular complexity index is 1020. The van der Waals surface area contributed by atoms with Crippen LogP contribution in [0.5, 0.6) is 0 Å². The molecule has 0 spiro atoms. The van der Waals surface area contributed by atoms with Gasteiger partial charge in [0.25, 0.3) is 0 Å². The van der Waals surface area contributed by atoms with Crippen molar-refractivity contribution in [2.45, 2.75) is 52.5 Å². The first-order valence-electron chi connectivity index (χ1n) is 11.0. The molecule has 2 aromatic rings. The van der Waals surface area contributed by atoms with Crippen molar-refractivity contribution in [3.05, 3.63) is 76.9 Å². The number of hydrogen-bond acceptors (Lipinski definition) is 4. The summed E-state index contributed by atoms with van der Waals surface area (Å²) in [6.07, 6.45) is 2.31. The third-order valence-electron chi connectivity index (χ3n) is 5.62. The summed E-state index contributed by atoms with van der Waals surface area (Å²) in [5, 5.41) is 0. The molecule has 0 atom stereocenters. The molecule has 2 amide bonds. The maximum Gasteiger partial charge on any atom is 0.410 e. The largest absolute Gasteiger partial charge is 0.445 e. The fourth-order valence-corrected chi connectivity index (χ4v) is 3.96. The molecule has 0 N–H and O–H groups in total. The summed E-state index contributed by atoms with van der Waals surface area (Å²) < 4.78 is 11.0. The zero-order valence-corrected chi connectivity index (χ0v) is 19.0. The van der Waals surface area contributed by atoms with Gasteiger partial charge in [-0.1, -0.05) is 48.5 Å². The molecule has 2 heterocycles. The van der Waals surface area contributed by atoms with Crippen LogP contribution in [0.2, 0.25) is 0 Å². The Balaban J connectivity index is 1.35. The lowest BCUT2D eigenvalue weighted by atomic mass is 9.96. The second-order valence-electron chi connectivity index (χ2n) is 9.29. The SMILES string of the molecule is CC(C)(C)OC(=O)N1CC=C(c2ccc3c(c2)CN(C(=O)OCc2ccccc2)C3)CC1. The highest BCUT2D eigenvalue weighted by atomic mass is 16.6. The smallest absolute Gasteiger partial charge is 0.410 e. The van der Waals surface area contributed by atoms with Crippen LogP contribution >= 0.6 is 0 Å². The molecule has 2 aliphatic heterocycles. The van der Waals surface area contributed by atoms with E-state index in [9.17, 15) is 9.59 Å². The molecule has 0 saturated carbocycles. The first-order chi connectivity index (χ1) is 15.3. The van der Waals surface area contributed by atoms with E-state index in [-0.39, 0.29) is 18.8 Å². The molecule has 6 nitrogen and oxygen atoms in total. The van der Waals surface area contributed by atoms with Crippen molar-refractivity contribution < 1.29 is 19.1 Å². The van der Waals surface area contributed by atoms with Gasteiger partial charge in [-0.15, -0.1) is 0 Å². The van der Waals surface area contributed by atoms with Crippen molar-refractivity contribution >= 4 is 17.8 Å². The molecule has 2 aromatic carbocycles. The van der Waals surface area contributed by atoms with Crippen molar-refractivity contribution in [2.75, 3.05) is 13.1 Å². The minimum absolute atomic E-state index is 0.272. The highest BCUT2D eigenvalue weighted by Gasteiger charge is 2.27. The molecule has 4 rings (SSSR count). The molecular weight excluding hydrogens is 404 g/mol. The summed E-state index contributed by atoms with van der Waals surface area (Å²) in [6.45, 7) is 8.20. The monoisotopic (exact) mass is 434 g/mol. The second kappa shape index (κ2) is 9.07. The standard InChI is InChI=1S/C26H30N2O4/c1-26(2,3)32-25(30)27-13-11-20(12-14-27)21-9-10-22-16-28(17-23(22)15-21)24(29)31-18-19-7-5-4-6-8-19/h4-11,15H,12-14,16-18H2,1-3H3. The molecule has 0 unspecified atom stereocenters. The Morgan fingerprint density at radius 1 is 0.938 bits per heavy atom. The van der Waals surface area contributed by atoms with Crippen LogP contribution in [-0.4, -0.2) is 40.7 Å². The molecule has 2 aliphatic rings. The molecule has 0 bridgehead atoms. The summed E-state index contributed by atoms with van der Waals surface area (Å²) >= 11 is 0. The van der Waals surface area contributed by atoms with Crippen molar-refractivity contribution in [2.24, 2.45) is 0 Å². The van der Waals surface area contributed by atoms with E-state index >= 15 is 0 Å². The zero-order valence-electron chi connectivity index (χ0n) is 19.0. The molecule has 0 fully saturated rings. The van der Waals surface area contributed by atoms with Crippen LogP contribution in [0.3, 0.4) is 0 Å². The van der Waals surface area contributed by atoms with Crippen LogP contribution in [-0.2, 0) is 29.2 Å². The van der Waals surface area contributed by atoms with E-state index in [0.29, 0.717) is 26.2 Å². The van der Waals surface area contributed by atoms with Crippen molar-refractivity contribution in [1.82, 2.24) is 9.80 Å². The van der Waals surface area contributed by atoms with Crippen molar-refractivity contribution in [1.29, 1.82) is 0 Å². The predicted molar refractivity (Wildman–Crippen MR) is 123 cm³/mol. The van der Waals surface area contributed by atoms with Gasteiger partial charge < -0.3 is 14.4 Å². The number of benzene rings is 2. The number of ether oxygens (including phenoxy) is 2. The Morgan fingerprint density at radius 3 is 2.38 bits per heavy atom. The van der Waals surface area contributed by atoms with E-state index in [4.69, 9.17) is 9.47 Å².